The first-order valence-electron chi connectivity index (χ1n) is 7.15. The summed E-state index contributed by atoms with van der Waals surface area (Å²) >= 11 is 0. The zero-order valence-electron chi connectivity index (χ0n) is 12.6. The molecule has 1 heterocycles. The smallest absolute Gasteiger partial charge is 0.326 e. The number of nitrogens with one attached hydrogen (secondary N) is 2. The number of benzene rings is 1. The second-order valence-electron chi connectivity index (χ2n) is 6.48. The van der Waals surface area contributed by atoms with Crippen LogP contribution in [0.3, 0.4) is 0 Å². The van der Waals surface area contributed by atoms with Gasteiger partial charge in [-0.05, 0) is 23.0 Å². The van der Waals surface area contributed by atoms with E-state index in [2.05, 4.69) is 10.6 Å². The lowest BCUT2D eigenvalue weighted by Crippen LogP contribution is -2.52. The molecule has 1 aliphatic rings. The molecular formula is C16H22N2O3. The summed E-state index contributed by atoms with van der Waals surface area (Å²) in [5.74, 6) is -1.30. The van der Waals surface area contributed by atoms with E-state index in [1.165, 1.54) is 0 Å². The molecule has 1 aromatic carbocycles. The third kappa shape index (κ3) is 3.42. The molecule has 1 unspecified atom stereocenters. The molecule has 2 atom stereocenters. The molecule has 0 bridgehead atoms. The van der Waals surface area contributed by atoms with Crippen molar-refractivity contribution < 1.29 is 14.7 Å². The van der Waals surface area contributed by atoms with Gasteiger partial charge in [-0.15, -0.1) is 0 Å². The van der Waals surface area contributed by atoms with Crippen LogP contribution in [-0.2, 0) is 16.0 Å². The number of carboxylic acid groups (broad SMARTS) is 1. The molecule has 0 aliphatic carbocycles. The van der Waals surface area contributed by atoms with Gasteiger partial charge in [-0.3, -0.25) is 4.79 Å². The van der Waals surface area contributed by atoms with Crippen LogP contribution in [0.2, 0.25) is 0 Å². The molecule has 0 aromatic heterocycles. The second-order valence-corrected chi connectivity index (χ2v) is 6.48. The number of rotatable bonds is 3. The molecule has 0 radical (unpaired) electrons. The van der Waals surface area contributed by atoms with Crippen LogP contribution in [0.15, 0.2) is 24.3 Å². The highest BCUT2D eigenvalue weighted by Gasteiger charge is 2.35. The average molecular weight is 290 g/mol. The van der Waals surface area contributed by atoms with Gasteiger partial charge in [0.2, 0.25) is 5.91 Å². The number of fused-ring (bicyclic) bond motifs is 1. The normalized spacial score (nSPS) is 19.5. The number of amides is 1. The van der Waals surface area contributed by atoms with Crippen LogP contribution in [0, 0.1) is 5.41 Å². The zero-order chi connectivity index (χ0) is 15.6. The maximum Gasteiger partial charge on any atom is 0.326 e. The number of carbonyl (C=O) groups is 2. The first kappa shape index (κ1) is 15.5. The highest BCUT2D eigenvalue weighted by atomic mass is 16.4. The summed E-state index contributed by atoms with van der Waals surface area (Å²) in [5, 5.41) is 15.1. The fraction of sp³-hybridized carbons (Fsp3) is 0.500. The predicted molar refractivity (Wildman–Crippen MR) is 79.9 cm³/mol. The van der Waals surface area contributed by atoms with E-state index in [9.17, 15) is 14.7 Å². The number of aliphatic carboxylic acids is 1. The molecule has 114 valence electrons. The van der Waals surface area contributed by atoms with Crippen LogP contribution in [0.5, 0.6) is 0 Å². The summed E-state index contributed by atoms with van der Waals surface area (Å²) in [6.07, 6.45) is 0.877. The minimum Gasteiger partial charge on any atom is -0.480 e. The maximum absolute atomic E-state index is 12.5. The first-order chi connectivity index (χ1) is 9.80. The van der Waals surface area contributed by atoms with E-state index in [0.29, 0.717) is 6.54 Å². The van der Waals surface area contributed by atoms with E-state index >= 15 is 0 Å². The SMILES string of the molecule is CC(C)(C)[C@H](NC(=O)C1NCCc2ccccc21)C(=O)O. The number of hydrogen-bond acceptors (Lipinski definition) is 3. The third-order valence-corrected chi connectivity index (χ3v) is 3.77. The van der Waals surface area contributed by atoms with Crippen LogP contribution >= 0.6 is 0 Å². The monoisotopic (exact) mass is 290 g/mol. The summed E-state index contributed by atoms with van der Waals surface area (Å²) in [6, 6.07) is 6.37. The van der Waals surface area contributed by atoms with Crippen molar-refractivity contribution in [3.05, 3.63) is 35.4 Å². The van der Waals surface area contributed by atoms with Gasteiger partial charge in [-0.25, -0.2) is 4.79 Å². The molecule has 3 N–H and O–H groups in total. The predicted octanol–water partition coefficient (Wildman–Crippen LogP) is 1.49. The van der Waals surface area contributed by atoms with Crippen LogP contribution < -0.4 is 10.6 Å². The molecule has 0 saturated carbocycles. The molecule has 1 amide bonds. The van der Waals surface area contributed by atoms with Crippen LogP contribution in [0.4, 0.5) is 0 Å². The van der Waals surface area contributed by atoms with Crippen molar-refractivity contribution in [2.75, 3.05) is 6.54 Å². The van der Waals surface area contributed by atoms with Crippen molar-refractivity contribution in [1.82, 2.24) is 10.6 Å². The lowest BCUT2D eigenvalue weighted by atomic mass is 9.86. The highest BCUT2D eigenvalue weighted by Crippen LogP contribution is 2.25. The van der Waals surface area contributed by atoms with Gasteiger partial charge in [0.1, 0.15) is 12.1 Å². The Morgan fingerprint density at radius 1 is 1.33 bits per heavy atom. The van der Waals surface area contributed by atoms with Crippen molar-refractivity contribution in [1.29, 1.82) is 0 Å². The fourth-order valence-electron chi connectivity index (χ4n) is 2.61. The van der Waals surface area contributed by atoms with Crippen molar-refractivity contribution >= 4 is 11.9 Å². The van der Waals surface area contributed by atoms with E-state index in [-0.39, 0.29) is 5.91 Å². The van der Waals surface area contributed by atoms with E-state index < -0.39 is 23.5 Å². The molecule has 21 heavy (non-hydrogen) atoms. The molecule has 0 saturated heterocycles. The Bertz CT molecular complexity index is 549. The summed E-state index contributed by atoms with van der Waals surface area (Å²) < 4.78 is 0. The molecule has 0 spiro atoms. The molecule has 1 aliphatic heterocycles. The summed E-state index contributed by atoms with van der Waals surface area (Å²) in [5.41, 5.74) is 1.52. The Morgan fingerprint density at radius 3 is 2.62 bits per heavy atom. The standard InChI is InChI=1S/C16H22N2O3/c1-16(2,3)13(15(20)21)18-14(19)12-11-7-5-4-6-10(11)8-9-17-12/h4-7,12-13,17H,8-9H2,1-3H3,(H,18,19)(H,20,21)/t12?,13-/m1/s1. The Hall–Kier alpha value is -1.88. The lowest BCUT2D eigenvalue weighted by Gasteiger charge is -2.31. The Labute approximate surface area is 124 Å². The van der Waals surface area contributed by atoms with E-state index in [0.717, 1.165) is 17.5 Å². The molecule has 5 heteroatoms. The van der Waals surface area contributed by atoms with Crippen molar-refractivity contribution in [2.45, 2.75) is 39.3 Å². The van der Waals surface area contributed by atoms with Crippen LogP contribution in [0.1, 0.15) is 37.9 Å². The van der Waals surface area contributed by atoms with Gasteiger partial charge in [0.15, 0.2) is 0 Å². The molecular weight excluding hydrogens is 268 g/mol. The van der Waals surface area contributed by atoms with Gasteiger partial charge < -0.3 is 15.7 Å². The van der Waals surface area contributed by atoms with Crippen molar-refractivity contribution in [3.8, 4) is 0 Å². The largest absolute Gasteiger partial charge is 0.480 e. The topological polar surface area (TPSA) is 78.4 Å². The highest BCUT2D eigenvalue weighted by molar-refractivity contribution is 5.88. The quantitative estimate of drug-likeness (QED) is 0.788. The fourth-order valence-corrected chi connectivity index (χ4v) is 2.61. The van der Waals surface area contributed by atoms with Gasteiger partial charge in [-0.2, -0.15) is 0 Å². The van der Waals surface area contributed by atoms with Crippen LogP contribution in [-0.4, -0.2) is 29.6 Å². The van der Waals surface area contributed by atoms with E-state index in [1.807, 2.05) is 24.3 Å². The third-order valence-electron chi connectivity index (χ3n) is 3.77. The molecule has 2 rings (SSSR count). The minimum atomic E-state index is -1.01. The molecule has 5 nitrogen and oxygen atoms in total. The van der Waals surface area contributed by atoms with E-state index in [1.54, 1.807) is 20.8 Å². The Morgan fingerprint density at radius 2 is 2.00 bits per heavy atom. The van der Waals surface area contributed by atoms with Gasteiger partial charge in [0.25, 0.3) is 0 Å². The number of hydrogen-bond donors (Lipinski definition) is 3. The van der Waals surface area contributed by atoms with E-state index in [4.69, 9.17) is 0 Å². The van der Waals surface area contributed by atoms with Gasteiger partial charge in [-0.1, -0.05) is 45.0 Å². The van der Waals surface area contributed by atoms with Gasteiger partial charge in [0, 0.05) is 6.54 Å². The summed E-state index contributed by atoms with van der Waals surface area (Å²) in [6.45, 7) is 6.11. The average Bonchev–Trinajstić information content (AvgIpc) is 2.42. The van der Waals surface area contributed by atoms with Crippen molar-refractivity contribution in [2.24, 2.45) is 5.41 Å². The number of carbonyl (C=O) groups excluding carboxylic acids is 1. The molecule has 1 aromatic rings. The Balaban J connectivity index is 2.20. The minimum absolute atomic E-state index is 0.288. The zero-order valence-corrected chi connectivity index (χ0v) is 12.6. The molecule has 0 fully saturated rings. The van der Waals surface area contributed by atoms with Gasteiger partial charge >= 0.3 is 5.97 Å². The maximum atomic E-state index is 12.5. The Kier molecular flexibility index (Phi) is 4.32. The second kappa shape index (κ2) is 5.85. The first-order valence-corrected chi connectivity index (χ1v) is 7.15. The van der Waals surface area contributed by atoms with Gasteiger partial charge in [0.05, 0.1) is 0 Å². The summed E-state index contributed by atoms with van der Waals surface area (Å²) in [7, 11) is 0. The lowest BCUT2D eigenvalue weighted by molar-refractivity contribution is -0.145. The van der Waals surface area contributed by atoms with Crippen LogP contribution in [0.25, 0.3) is 0 Å². The summed E-state index contributed by atoms with van der Waals surface area (Å²) in [4.78, 5) is 23.9. The van der Waals surface area contributed by atoms with Crippen molar-refractivity contribution in [3.63, 3.8) is 0 Å². The number of carboxylic acids is 1.